The highest BCUT2D eigenvalue weighted by Gasteiger charge is 2.34. The van der Waals surface area contributed by atoms with Gasteiger partial charge in [0.1, 0.15) is 6.61 Å². The summed E-state index contributed by atoms with van der Waals surface area (Å²) in [5.74, 6) is -2.24. The van der Waals surface area contributed by atoms with Crippen molar-refractivity contribution in [2.45, 2.75) is 32.3 Å². The largest absolute Gasteiger partial charge is 0.452 e. The Morgan fingerprint density at radius 1 is 1.06 bits per heavy atom. The molecule has 1 atom stereocenters. The number of hydrogen-bond donors (Lipinski definition) is 0. The number of ketones is 2. The van der Waals surface area contributed by atoms with Crippen molar-refractivity contribution >= 4 is 23.2 Å². The Morgan fingerprint density at radius 2 is 1.76 bits per heavy atom. The molecule has 33 heavy (non-hydrogen) atoms. The normalized spacial score (nSPS) is 11.3. The quantitative estimate of drug-likeness (QED) is 0.119. The monoisotopic (exact) mass is 444 g/mol. The standard InChI is InChI=1S/C25H24N4O4/c1-17-8-10-19(11-9-17)20(15-22(31)24-27-12-13-29(24)2)14-21(30)23(28-26)25(32)33-16-18-6-4-3-5-7-18/h3-13,20H,14-16H2,1-2H3/t20-/m1/s1. The summed E-state index contributed by atoms with van der Waals surface area (Å²) in [4.78, 5) is 45.1. The number of hydrogen-bond acceptors (Lipinski definition) is 5. The summed E-state index contributed by atoms with van der Waals surface area (Å²) < 4.78 is 6.74. The van der Waals surface area contributed by atoms with Crippen molar-refractivity contribution < 1.29 is 23.9 Å². The molecule has 0 radical (unpaired) electrons. The molecule has 0 amide bonds. The van der Waals surface area contributed by atoms with Gasteiger partial charge in [-0.2, -0.15) is 4.79 Å². The first-order chi connectivity index (χ1) is 15.9. The number of imidazole rings is 1. The Balaban J connectivity index is 1.75. The molecule has 0 saturated carbocycles. The number of carbonyl (C=O) groups is 3. The van der Waals surface area contributed by atoms with E-state index in [9.17, 15) is 19.9 Å². The van der Waals surface area contributed by atoms with Crippen molar-refractivity contribution in [2.24, 2.45) is 7.05 Å². The molecule has 168 valence electrons. The van der Waals surface area contributed by atoms with Crippen molar-refractivity contribution in [3.05, 3.63) is 95.0 Å². The first-order valence-corrected chi connectivity index (χ1v) is 10.4. The zero-order valence-electron chi connectivity index (χ0n) is 18.5. The maximum absolute atomic E-state index is 12.9. The molecule has 0 bridgehead atoms. The molecular formula is C25H24N4O4. The van der Waals surface area contributed by atoms with E-state index in [1.165, 1.54) is 6.20 Å². The molecule has 1 aromatic heterocycles. The van der Waals surface area contributed by atoms with Crippen LogP contribution in [0.4, 0.5) is 0 Å². The number of rotatable bonds is 10. The van der Waals surface area contributed by atoms with Crippen LogP contribution in [-0.2, 0) is 28.0 Å². The van der Waals surface area contributed by atoms with Gasteiger partial charge in [-0.25, -0.2) is 9.78 Å². The number of ether oxygens (including phenoxy) is 1. The topological polar surface area (TPSA) is 115 Å². The average Bonchev–Trinajstić information content (AvgIpc) is 3.25. The molecule has 0 unspecified atom stereocenters. The SMILES string of the molecule is Cc1ccc([C@H](CC(=O)C(=[N+]=[N-])C(=O)OCc2ccccc2)CC(=O)c2nccn2C)cc1. The van der Waals surface area contributed by atoms with Crippen LogP contribution >= 0.6 is 0 Å². The van der Waals surface area contributed by atoms with E-state index >= 15 is 0 Å². The average molecular weight is 444 g/mol. The van der Waals surface area contributed by atoms with E-state index in [1.54, 1.807) is 42.1 Å². The molecular weight excluding hydrogens is 420 g/mol. The fraction of sp³-hybridized carbons (Fsp3) is 0.240. The fourth-order valence-electron chi connectivity index (χ4n) is 3.42. The van der Waals surface area contributed by atoms with Crippen LogP contribution in [0.5, 0.6) is 0 Å². The van der Waals surface area contributed by atoms with E-state index in [-0.39, 0.29) is 31.1 Å². The summed E-state index contributed by atoms with van der Waals surface area (Å²) in [5, 5.41) is 0. The van der Waals surface area contributed by atoms with Gasteiger partial charge in [-0.15, -0.1) is 0 Å². The maximum atomic E-state index is 12.9. The lowest BCUT2D eigenvalue weighted by Crippen LogP contribution is -2.29. The smallest absolute Gasteiger partial charge is 0.441 e. The Labute approximate surface area is 191 Å². The molecule has 0 aliphatic heterocycles. The number of nitrogens with zero attached hydrogens (tertiary/aromatic N) is 4. The van der Waals surface area contributed by atoms with Crippen LogP contribution in [0.15, 0.2) is 67.0 Å². The van der Waals surface area contributed by atoms with E-state index in [2.05, 4.69) is 9.77 Å². The minimum atomic E-state index is -1.02. The van der Waals surface area contributed by atoms with E-state index in [0.29, 0.717) is 0 Å². The molecule has 0 saturated heterocycles. The summed E-state index contributed by atoms with van der Waals surface area (Å²) in [7, 11) is 1.71. The Kier molecular flexibility index (Phi) is 7.78. The molecule has 2 aromatic carbocycles. The Morgan fingerprint density at radius 3 is 2.36 bits per heavy atom. The van der Waals surface area contributed by atoms with Gasteiger partial charge in [-0.1, -0.05) is 60.2 Å². The van der Waals surface area contributed by atoms with Gasteiger partial charge in [0.2, 0.25) is 0 Å². The number of carbonyl (C=O) groups excluding carboxylic acids is 3. The van der Waals surface area contributed by atoms with Crippen molar-refractivity contribution in [2.75, 3.05) is 0 Å². The summed E-state index contributed by atoms with van der Waals surface area (Å²) in [5.41, 5.74) is 11.2. The number of aryl methyl sites for hydroxylation is 2. The molecule has 3 aromatic rings. The van der Waals surface area contributed by atoms with E-state index in [0.717, 1.165) is 16.7 Å². The van der Waals surface area contributed by atoms with Gasteiger partial charge in [0.05, 0.1) is 0 Å². The first-order valence-electron chi connectivity index (χ1n) is 10.4. The van der Waals surface area contributed by atoms with E-state index in [4.69, 9.17) is 4.74 Å². The van der Waals surface area contributed by atoms with Crippen LogP contribution in [0, 0.1) is 6.92 Å². The van der Waals surface area contributed by atoms with Crippen LogP contribution in [0.1, 0.15) is 46.1 Å². The molecule has 8 heteroatoms. The third-order valence-corrected chi connectivity index (χ3v) is 5.25. The molecule has 0 spiro atoms. The first kappa shape index (κ1) is 23.5. The summed E-state index contributed by atoms with van der Waals surface area (Å²) in [6, 6.07) is 16.4. The highest BCUT2D eigenvalue weighted by atomic mass is 16.5. The zero-order valence-corrected chi connectivity index (χ0v) is 18.5. The lowest BCUT2D eigenvalue weighted by Gasteiger charge is -2.15. The second-order valence-corrected chi connectivity index (χ2v) is 7.73. The van der Waals surface area contributed by atoms with Crippen molar-refractivity contribution in [1.29, 1.82) is 0 Å². The van der Waals surface area contributed by atoms with E-state index in [1.807, 2.05) is 37.3 Å². The molecule has 3 rings (SSSR count). The number of aromatic nitrogens is 2. The van der Waals surface area contributed by atoms with Crippen molar-refractivity contribution in [1.82, 2.24) is 9.55 Å². The van der Waals surface area contributed by atoms with Crippen molar-refractivity contribution in [3.8, 4) is 0 Å². The van der Waals surface area contributed by atoms with E-state index < -0.39 is 23.4 Å². The summed E-state index contributed by atoms with van der Waals surface area (Å²) >= 11 is 0. The third kappa shape index (κ3) is 6.18. The van der Waals surface area contributed by atoms with Crippen LogP contribution < -0.4 is 0 Å². The highest BCUT2D eigenvalue weighted by Crippen LogP contribution is 2.26. The van der Waals surface area contributed by atoms with Crippen LogP contribution in [-0.4, -0.2) is 37.6 Å². The minimum Gasteiger partial charge on any atom is -0.452 e. The van der Waals surface area contributed by atoms with Gasteiger partial charge in [-0.05, 0) is 24.0 Å². The summed E-state index contributed by atoms with van der Waals surface area (Å²) in [6.45, 7) is 1.87. The Bertz CT molecular complexity index is 1190. The molecule has 1 heterocycles. The highest BCUT2D eigenvalue weighted by molar-refractivity contribution is 6.62. The van der Waals surface area contributed by atoms with Crippen LogP contribution in [0.2, 0.25) is 0 Å². The predicted octanol–water partition coefficient (Wildman–Crippen LogP) is 3.46. The Hall–Kier alpha value is -4.16. The third-order valence-electron chi connectivity index (χ3n) is 5.25. The van der Waals surface area contributed by atoms with Gasteiger partial charge in [0.15, 0.2) is 11.6 Å². The van der Waals surface area contributed by atoms with Crippen molar-refractivity contribution in [3.63, 3.8) is 0 Å². The van der Waals surface area contributed by atoms with Crippen LogP contribution in [0.25, 0.3) is 5.53 Å². The van der Waals surface area contributed by atoms with Gasteiger partial charge in [0, 0.05) is 32.3 Å². The van der Waals surface area contributed by atoms with Gasteiger partial charge >= 0.3 is 11.7 Å². The number of esters is 1. The lowest BCUT2D eigenvalue weighted by atomic mass is 9.87. The predicted molar refractivity (Wildman–Crippen MR) is 121 cm³/mol. The molecule has 8 nitrogen and oxygen atoms in total. The van der Waals surface area contributed by atoms with Gasteiger partial charge < -0.3 is 14.8 Å². The molecule has 0 aliphatic carbocycles. The number of Topliss-reactive ketones (excluding diaryl/α,β-unsaturated/α-hetero) is 2. The van der Waals surface area contributed by atoms with Crippen LogP contribution in [0.3, 0.4) is 0 Å². The molecule has 0 fully saturated rings. The number of benzene rings is 2. The fourth-order valence-corrected chi connectivity index (χ4v) is 3.42. The lowest BCUT2D eigenvalue weighted by molar-refractivity contribution is -0.143. The molecule has 0 aliphatic rings. The second kappa shape index (κ2) is 10.9. The van der Waals surface area contributed by atoms with Gasteiger partial charge in [0.25, 0.3) is 5.78 Å². The summed E-state index contributed by atoms with van der Waals surface area (Å²) in [6.07, 6.45) is 2.98. The molecule has 0 N–H and O–H groups in total. The maximum Gasteiger partial charge on any atom is 0.441 e. The minimum absolute atomic E-state index is 0.00255. The zero-order chi connectivity index (χ0) is 23.8. The van der Waals surface area contributed by atoms with Gasteiger partial charge in [-0.3, -0.25) is 9.59 Å². The second-order valence-electron chi connectivity index (χ2n) is 7.73.